The summed E-state index contributed by atoms with van der Waals surface area (Å²) in [6.07, 6.45) is 0.530. The van der Waals surface area contributed by atoms with Gasteiger partial charge in [-0.1, -0.05) is 24.3 Å². The van der Waals surface area contributed by atoms with E-state index in [1.807, 2.05) is 41.6 Å². The number of rotatable bonds is 3. The van der Waals surface area contributed by atoms with Gasteiger partial charge in [0.15, 0.2) is 0 Å². The molecule has 1 aliphatic heterocycles. The summed E-state index contributed by atoms with van der Waals surface area (Å²) in [7, 11) is 1.90. The number of hydrogen-bond donors (Lipinski definition) is 1. The Morgan fingerprint density at radius 1 is 1.33 bits per heavy atom. The van der Waals surface area contributed by atoms with Crippen LogP contribution in [0.25, 0.3) is 0 Å². The number of fused-ring (bicyclic) bond motifs is 1. The van der Waals surface area contributed by atoms with Crippen LogP contribution < -0.4 is 0 Å². The summed E-state index contributed by atoms with van der Waals surface area (Å²) in [6.45, 7) is 3.00. The van der Waals surface area contributed by atoms with Crippen LogP contribution in [0.2, 0.25) is 0 Å². The van der Waals surface area contributed by atoms with Gasteiger partial charge < -0.3 is 9.67 Å². The highest BCUT2D eigenvalue weighted by Gasteiger charge is 2.32. The van der Waals surface area contributed by atoms with Gasteiger partial charge in [0.1, 0.15) is 17.7 Å². The SMILES string of the molecule is Cc1nnc(CN2Cc3ccccc3C[C@H]2C(=O)O)n1C. The molecule has 2 heterocycles. The van der Waals surface area contributed by atoms with E-state index in [0.717, 1.165) is 17.2 Å². The van der Waals surface area contributed by atoms with E-state index in [1.165, 1.54) is 5.56 Å². The number of carboxylic acid groups (broad SMARTS) is 1. The van der Waals surface area contributed by atoms with Gasteiger partial charge in [0.2, 0.25) is 0 Å². The zero-order valence-electron chi connectivity index (χ0n) is 12.2. The summed E-state index contributed by atoms with van der Waals surface area (Å²) >= 11 is 0. The molecule has 0 saturated carbocycles. The summed E-state index contributed by atoms with van der Waals surface area (Å²) in [5.41, 5.74) is 2.31. The van der Waals surface area contributed by atoms with Crippen LogP contribution in [0.5, 0.6) is 0 Å². The van der Waals surface area contributed by atoms with Gasteiger partial charge in [-0.05, 0) is 24.5 Å². The maximum absolute atomic E-state index is 11.6. The lowest BCUT2D eigenvalue weighted by Crippen LogP contribution is -2.45. The van der Waals surface area contributed by atoms with Crippen molar-refractivity contribution in [2.45, 2.75) is 32.5 Å². The van der Waals surface area contributed by atoms with Crippen LogP contribution in [0.1, 0.15) is 22.8 Å². The summed E-state index contributed by atoms with van der Waals surface area (Å²) in [5, 5.41) is 17.7. The Hall–Kier alpha value is -2.21. The third-order valence-corrected chi connectivity index (χ3v) is 4.16. The first kappa shape index (κ1) is 13.8. The summed E-state index contributed by atoms with van der Waals surface area (Å²) < 4.78 is 1.90. The Morgan fingerprint density at radius 2 is 2.05 bits per heavy atom. The van der Waals surface area contributed by atoms with Crippen LogP contribution in [-0.2, 0) is 31.4 Å². The molecule has 6 heteroatoms. The van der Waals surface area contributed by atoms with E-state index in [1.54, 1.807) is 0 Å². The Bertz CT molecular complexity index is 680. The van der Waals surface area contributed by atoms with Gasteiger partial charge >= 0.3 is 5.97 Å². The fourth-order valence-electron chi connectivity index (χ4n) is 2.76. The molecule has 0 fully saturated rings. The van der Waals surface area contributed by atoms with Crippen molar-refractivity contribution in [3.05, 3.63) is 47.0 Å². The lowest BCUT2D eigenvalue weighted by Gasteiger charge is -2.33. The highest BCUT2D eigenvalue weighted by Crippen LogP contribution is 2.24. The normalized spacial score (nSPS) is 18.5. The first-order valence-corrected chi connectivity index (χ1v) is 6.94. The molecule has 0 saturated heterocycles. The predicted octanol–water partition coefficient (Wildman–Crippen LogP) is 1.14. The summed E-state index contributed by atoms with van der Waals surface area (Å²) in [6, 6.07) is 7.50. The Balaban J connectivity index is 1.89. The largest absolute Gasteiger partial charge is 0.480 e. The van der Waals surface area contributed by atoms with Crippen molar-refractivity contribution in [3.63, 3.8) is 0 Å². The molecule has 6 nitrogen and oxygen atoms in total. The minimum absolute atomic E-state index is 0.489. The van der Waals surface area contributed by atoms with Crippen LogP contribution in [-0.4, -0.2) is 36.8 Å². The van der Waals surface area contributed by atoms with Gasteiger partial charge in [-0.25, -0.2) is 0 Å². The van der Waals surface area contributed by atoms with Gasteiger partial charge in [0.25, 0.3) is 0 Å². The van der Waals surface area contributed by atoms with E-state index in [-0.39, 0.29) is 0 Å². The lowest BCUT2D eigenvalue weighted by molar-refractivity contribution is -0.144. The average molecular weight is 286 g/mol. The number of nitrogens with zero attached hydrogens (tertiary/aromatic N) is 4. The van der Waals surface area contributed by atoms with Gasteiger partial charge in [-0.2, -0.15) is 0 Å². The molecule has 0 amide bonds. The minimum Gasteiger partial charge on any atom is -0.480 e. The van der Waals surface area contributed by atoms with E-state index in [2.05, 4.69) is 16.3 Å². The van der Waals surface area contributed by atoms with Crippen molar-refractivity contribution in [2.24, 2.45) is 7.05 Å². The van der Waals surface area contributed by atoms with Crippen LogP contribution in [0.3, 0.4) is 0 Å². The molecule has 1 atom stereocenters. The molecular weight excluding hydrogens is 268 g/mol. The average Bonchev–Trinajstić information content (AvgIpc) is 2.78. The molecule has 1 aliphatic rings. The Labute approximate surface area is 123 Å². The van der Waals surface area contributed by atoms with E-state index >= 15 is 0 Å². The number of hydrogen-bond acceptors (Lipinski definition) is 4. The third kappa shape index (κ3) is 2.54. The fourth-order valence-corrected chi connectivity index (χ4v) is 2.76. The number of benzene rings is 1. The molecule has 1 aromatic heterocycles. The van der Waals surface area contributed by atoms with Crippen molar-refractivity contribution in [2.75, 3.05) is 0 Å². The molecule has 110 valence electrons. The summed E-state index contributed by atoms with van der Waals surface area (Å²) in [4.78, 5) is 13.5. The molecule has 2 aromatic rings. The Kier molecular flexibility index (Phi) is 3.47. The zero-order valence-corrected chi connectivity index (χ0v) is 12.2. The minimum atomic E-state index is -0.789. The molecule has 0 radical (unpaired) electrons. The second-order valence-corrected chi connectivity index (χ2v) is 5.45. The molecule has 0 unspecified atom stereocenters. The molecule has 0 spiro atoms. The molecule has 21 heavy (non-hydrogen) atoms. The molecule has 3 rings (SSSR count). The quantitative estimate of drug-likeness (QED) is 0.916. The second kappa shape index (κ2) is 5.29. The molecule has 0 bridgehead atoms. The first-order valence-electron chi connectivity index (χ1n) is 6.94. The smallest absolute Gasteiger partial charge is 0.321 e. The van der Waals surface area contributed by atoms with Gasteiger partial charge in [-0.15, -0.1) is 10.2 Å². The molecule has 0 aliphatic carbocycles. The first-order chi connectivity index (χ1) is 10.1. The van der Waals surface area contributed by atoms with E-state index in [9.17, 15) is 9.90 Å². The molecule has 1 aromatic carbocycles. The molecular formula is C15H18N4O2. The van der Waals surface area contributed by atoms with Crippen LogP contribution in [0, 0.1) is 6.92 Å². The molecule has 1 N–H and O–H groups in total. The monoisotopic (exact) mass is 286 g/mol. The van der Waals surface area contributed by atoms with E-state index in [4.69, 9.17) is 0 Å². The fraction of sp³-hybridized carbons (Fsp3) is 0.400. The van der Waals surface area contributed by atoms with Crippen LogP contribution in [0.4, 0.5) is 0 Å². The predicted molar refractivity (Wildman–Crippen MR) is 76.6 cm³/mol. The van der Waals surface area contributed by atoms with E-state index in [0.29, 0.717) is 19.5 Å². The van der Waals surface area contributed by atoms with Crippen molar-refractivity contribution in [3.8, 4) is 0 Å². The second-order valence-electron chi connectivity index (χ2n) is 5.45. The highest BCUT2D eigenvalue weighted by atomic mass is 16.4. The number of aliphatic carboxylic acids is 1. The van der Waals surface area contributed by atoms with Crippen molar-refractivity contribution in [1.29, 1.82) is 0 Å². The maximum atomic E-state index is 11.6. The summed E-state index contributed by atoms with van der Waals surface area (Å²) in [5.74, 6) is 0.829. The zero-order chi connectivity index (χ0) is 15.0. The number of carbonyl (C=O) groups is 1. The number of aryl methyl sites for hydroxylation is 1. The van der Waals surface area contributed by atoms with Crippen molar-refractivity contribution < 1.29 is 9.90 Å². The van der Waals surface area contributed by atoms with Crippen LogP contribution >= 0.6 is 0 Å². The van der Waals surface area contributed by atoms with Gasteiger partial charge in [0, 0.05) is 13.6 Å². The Morgan fingerprint density at radius 3 is 2.67 bits per heavy atom. The maximum Gasteiger partial charge on any atom is 0.321 e. The van der Waals surface area contributed by atoms with Crippen molar-refractivity contribution >= 4 is 5.97 Å². The highest BCUT2D eigenvalue weighted by molar-refractivity contribution is 5.74. The standard InChI is InChI=1S/C15H18N4O2/c1-10-16-17-14(18(10)2)9-19-8-12-6-4-3-5-11(12)7-13(19)15(20)21/h3-6,13H,7-9H2,1-2H3,(H,20,21)/t13-/m0/s1. The van der Waals surface area contributed by atoms with Gasteiger partial charge in [0.05, 0.1) is 6.54 Å². The van der Waals surface area contributed by atoms with Crippen molar-refractivity contribution in [1.82, 2.24) is 19.7 Å². The topological polar surface area (TPSA) is 71.2 Å². The number of aromatic nitrogens is 3. The third-order valence-electron chi connectivity index (χ3n) is 4.16. The number of carboxylic acids is 1. The lowest BCUT2D eigenvalue weighted by atomic mass is 9.94. The van der Waals surface area contributed by atoms with Crippen LogP contribution in [0.15, 0.2) is 24.3 Å². The van der Waals surface area contributed by atoms with Gasteiger partial charge in [-0.3, -0.25) is 9.69 Å². The van der Waals surface area contributed by atoms with E-state index < -0.39 is 12.0 Å².